The van der Waals surface area contributed by atoms with E-state index in [4.69, 9.17) is 12.2 Å². The summed E-state index contributed by atoms with van der Waals surface area (Å²) < 4.78 is 0. The highest BCUT2D eigenvalue weighted by molar-refractivity contribution is 7.80. The minimum Gasteiger partial charge on any atom is -0.316 e. The van der Waals surface area contributed by atoms with Crippen molar-refractivity contribution in [2.45, 2.75) is 26.2 Å². The fraction of sp³-hybridized carbons (Fsp3) is 0.533. The number of hydrogen-bond donors (Lipinski definition) is 2. The van der Waals surface area contributed by atoms with Crippen molar-refractivity contribution in [1.82, 2.24) is 10.2 Å². The summed E-state index contributed by atoms with van der Waals surface area (Å²) >= 11 is 5.37. The summed E-state index contributed by atoms with van der Waals surface area (Å²) in [5.41, 5.74) is 1.42. The van der Waals surface area contributed by atoms with Gasteiger partial charge in [-0.15, -0.1) is 0 Å². The molecule has 0 bridgehead atoms. The zero-order valence-corrected chi connectivity index (χ0v) is 12.5. The molecule has 1 unspecified atom stereocenters. The van der Waals surface area contributed by atoms with Crippen molar-refractivity contribution < 1.29 is 4.90 Å². The largest absolute Gasteiger partial charge is 0.316 e. The van der Waals surface area contributed by atoms with Gasteiger partial charge in [0.15, 0.2) is 18.4 Å². The molecule has 0 saturated carbocycles. The van der Waals surface area contributed by atoms with Crippen LogP contribution < -0.4 is 10.2 Å². The van der Waals surface area contributed by atoms with Gasteiger partial charge in [0.2, 0.25) is 0 Å². The Hall–Kier alpha value is -1.13. The molecule has 0 aromatic heterocycles. The number of nitrogens with zero attached hydrogens (tertiary/aromatic N) is 1. The lowest BCUT2D eigenvalue weighted by atomic mass is 10.1. The van der Waals surface area contributed by atoms with Crippen LogP contribution in [0.25, 0.3) is 0 Å². The second-order valence-electron chi connectivity index (χ2n) is 5.17. The molecule has 4 heteroatoms. The summed E-state index contributed by atoms with van der Waals surface area (Å²) in [4.78, 5) is 3.87. The van der Waals surface area contributed by atoms with Crippen LogP contribution in [0.1, 0.15) is 25.3 Å². The maximum atomic E-state index is 5.37. The Labute approximate surface area is 121 Å². The Balaban J connectivity index is 1.79. The molecule has 1 aliphatic heterocycles. The Kier molecular flexibility index (Phi) is 5.61. The predicted octanol–water partition coefficient (Wildman–Crippen LogP) is 1.02. The molecule has 1 aromatic carbocycles. The summed E-state index contributed by atoms with van der Waals surface area (Å²) in [6.45, 7) is 6.45. The van der Waals surface area contributed by atoms with Gasteiger partial charge >= 0.3 is 0 Å². The summed E-state index contributed by atoms with van der Waals surface area (Å²) in [5, 5.41) is 4.28. The Bertz CT molecular complexity index is 394. The number of unbranched alkanes of at least 4 members (excludes halogenated alkanes) is 1. The molecule has 1 heterocycles. The Morgan fingerprint density at radius 3 is 2.84 bits per heavy atom. The van der Waals surface area contributed by atoms with E-state index in [9.17, 15) is 0 Å². The van der Waals surface area contributed by atoms with Crippen LogP contribution in [0.2, 0.25) is 0 Å². The van der Waals surface area contributed by atoms with E-state index in [0.717, 1.165) is 38.0 Å². The van der Waals surface area contributed by atoms with Crippen molar-refractivity contribution in [2.24, 2.45) is 0 Å². The molecule has 1 aromatic rings. The number of hydrogen-bond acceptors (Lipinski definition) is 1. The van der Waals surface area contributed by atoms with Gasteiger partial charge in [-0.1, -0.05) is 43.7 Å². The molecule has 1 fully saturated rings. The molecule has 1 atom stereocenters. The molecule has 0 aliphatic carbocycles. The maximum absolute atomic E-state index is 5.37. The third-order valence-corrected chi connectivity index (χ3v) is 3.99. The normalized spacial score (nSPS) is 19.3. The first kappa shape index (κ1) is 14.3. The molecular formula is C15H24N3S+. The molecular weight excluding hydrogens is 254 g/mol. The lowest BCUT2D eigenvalue weighted by Crippen LogP contribution is -3.17. The summed E-state index contributed by atoms with van der Waals surface area (Å²) in [7, 11) is 0. The quantitative estimate of drug-likeness (QED) is 0.758. The topological polar surface area (TPSA) is 19.7 Å². The van der Waals surface area contributed by atoms with Crippen LogP contribution in [-0.4, -0.2) is 36.4 Å². The molecule has 0 radical (unpaired) electrons. The van der Waals surface area contributed by atoms with Crippen molar-refractivity contribution in [3.63, 3.8) is 0 Å². The minimum atomic E-state index is 0.928. The van der Waals surface area contributed by atoms with Crippen molar-refractivity contribution in [2.75, 3.05) is 26.4 Å². The second-order valence-corrected chi connectivity index (χ2v) is 5.56. The van der Waals surface area contributed by atoms with Gasteiger partial charge in [0.05, 0.1) is 6.54 Å². The lowest BCUT2D eigenvalue weighted by Gasteiger charge is -2.35. The average Bonchev–Trinajstić information content (AvgIpc) is 2.46. The molecule has 0 spiro atoms. The minimum absolute atomic E-state index is 0.928. The first-order valence-corrected chi connectivity index (χ1v) is 7.60. The van der Waals surface area contributed by atoms with Crippen molar-refractivity contribution in [1.29, 1.82) is 0 Å². The number of nitrogens with one attached hydrogen (secondary N) is 2. The number of quaternary nitrogens is 1. The van der Waals surface area contributed by atoms with E-state index in [1.807, 2.05) is 0 Å². The zero-order valence-electron chi connectivity index (χ0n) is 11.7. The first-order chi connectivity index (χ1) is 9.29. The van der Waals surface area contributed by atoms with Gasteiger partial charge in [0.1, 0.15) is 0 Å². The highest BCUT2D eigenvalue weighted by atomic mass is 32.1. The van der Waals surface area contributed by atoms with Crippen LogP contribution in [0.3, 0.4) is 0 Å². The maximum Gasteiger partial charge on any atom is 0.177 e. The molecule has 0 amide bonds. The number of benzene rings is 1. The SMILES string of the molecule is CCCCN1C[NH+](CCc2ccccc2)CNC1=S. The van der Waals surface area contributed by atoms with E-state index in [0.29, 0.717) is 0 Å². The smallest absolute Gasteiger partial charge is 0.177 e. The monoisotopic (exact) mass is 278 g/mol. The fourth-order valence-electron chi connectivity index (χ4n) is 2.37. The van der Waals surface area contributed by atoms with Gasteiger partial charge in [0, 0.05) is 13.0 Å². The van der Waals surface area contributed by atoms with Gasteiger partial charge < -0.3 is 15.1 Å². The molecule has 2 rings (SSSR count). The van der Waals surface area contributed by atoms with Crippen LogP contribution in [0, 0.1) is 0 Å². The van der Waals surface area contributed by atoms with E-state index < -0.39 is 0 Å². The molecule has 19 heavy (non-hydrogen) atoms. The third kappa shape index (κ3) is 4.48. The summed E-state index contributed by atoms with van der Waals surface area (Å²) in [6, 6.07) is 10.7. The molecule has 3 nitrogen and oxygen atoms in total. The molecule has 104 valence electrons. The van der Waals surface area contributed by atoms with E-state index in [1.54, 1.807) is 4.90 Å². The zero-order chi connectivity index (χ0) is 13.5. The first-order valence-electron chi connectivity index (χ1n) is 7.20. The van der Waals surface area contributed by atoms with Crippen LogP contribution in [0.15, 0.2) is 30.3 Å². The van der Waals surface area contributed by atoms with Gasteiger partial charge in [-0.25, -0.2) is 0 Å². The van der Waals surface area contributed by atoms with Crippen LogP contribution in [0.5, 0.6) is 0 Å². The highest BCUT2D eigenvalue weighted by Gasteiger charge is 2.22. The Morgan fingerprint density at radius 1 is 1.32 bits per heavy atom. The third-order valence-electron chi connectivity index (χ3n) is 3.58. The molecule has 1 saturated heterocycles. The van der Waals surface area contributed by atoms with Crippen LogP contribution in [0.4, 0.5) is 0 Å². The predicted molar refractivity (Wildman–Crippen MR) is 83.1 cm³/mol. The van der Waals surface area contributed by atoms with Crippen LogP contribution >= 0.6 is 12.2 Å². The van der Waals surface area contributed by atoms with Crippen molar-refractivity contribution in [3.8, 4) is 0 Å². The molecule has 2 N–H and O–H groups in total. The number of thiocarbonyl (C=S) groups is 1. The fourth-order valence-corrected chi connectivity index (χ4v) is 2.60. The van der Waals surface area contributed by atoms with E-state index in [-0.39, 0.29) is 0 Å². The van der Waals surface area contributed by atoms with E-state index >= 15 is 0 Å². The van der Waals surface area contributed by atoms with Gasteiger partial charge in [0.25, 0.3) is 0 Å². The van der Waals surface area contributed by atoms with Gasteiger partial charge in [-0.05, 0) is 24.2 Å². The second kappa shape index (κ2) is 7.46. The summed E-state index contributed by atoms with van der Waals surface area (Å²) in [6.07, 6.45) is 3.57. The van der Waals surface area contributed by atoms with Crippen molar-refractivity contribution in [3.05, 3.63) is 35.9 Å². The highest BCUT2D eigenvalue weighted by Crippen LogP contribution is 1.98. The average molecular weight is 278 g/mol. The standard InChI is InChI=1S/C15H23N3S/c1-2-3-10-18-13-17(12-16-15(18)19)11-9-14-7-5-4-6-8-14/h4-8H,2-3,9-13H2,1H3,(H,16,19)/p+1. The van der Waals surface area contributed by atoms with Gasteiger partial charge in [-0.2, -0.15) is 0 Å². The Morgan fingerprint density at radius 2 is 2.11 bits per heavy atom. The van der Waals surface area contributed by atoms with E-state index in [1.165, 1.54) is 18.4 Å². The van der Waals surface area contributed by atoms with Gasteiger partial charge in [-0.3, -0.25) is 0 Å². The van der Waals surface area contributed by atoms with Crippen LogP contribution in [-0.2, 0) is 6.42 Å². The molecule has 1 aliphatic rings. The van der Waals surface area contributed by atoms with E-state index in [2.05, 4.69) is 47.5 Å². The lowest BCUT2D eigenvalue weighted by molar-refractivity contribution is -0.913. The summed E-state index contributed by atoms with van der Waals surface area (Å²) in [5.74, 6) is 0. The number of rotatable bonds is 6. The van der Waals surface area contributed by atoms with Crippen molar-refractivity contribution >= 4 is 17.3 Å².